The predicted octanol–water partition coefficient (Wildman–Crippen LogP) is 15.0. The maximum absolute atomic E-state index is 14.9. The fourth-order valence-corrected chi connectivity index (χ4v) is 9.11. The molecule has 0 N–H and O–H groups in total. The van der Waals surface area contributed by atoms with Crippen LogP contribution in [0.5, 0.6) is 11.5 Å². The Hall–Kier alpha value is -8.28. The summed E-state index contributed by atoms with van der Waals surface area (Å²) in [6.45, 7) is 4.03. The lowest BCUT2D eigenvalue weighted by Gasteiger charge is -2.33. The van der Waals surface area contributed by atoms with Gasteiger partial charge < -0.3 is 14.5 Å². The standard InChI is InChI=1S/C59H42N2O3/c1-38-19-23-42(24-20-38)58(62)50-37-49(41-29-33-47(34-30-41)61-54-15-7-9-17-56(54)64-57-18-10-8-16-55(57)61)51(59(63)43-25-21-39(2)22-26-43)36-48(50)40-27-31-46(32-28-40)60-52-13-5-3-11-44(52)35-45-12-4-6-14-53(45)60/h3-34,36-37H,35H2,1-2H3. The Morgan fingerprint density at radius 2 is 0.766 bits per heavy atom. The van der Waals surface area contributed by atoms with Crippen LogP contribution in [-0.2, 0) is 6.42 Å². The van der Waals surface area contributed by atoms with Crippen molar-refractivity contribution in [3.05, 3.63) is 251 Å². The second-order valence-corrected chi connectivity index (χ2v) is 16.6. The summed E-state index contributed by atoms with van der Waals surface area (Å²) in [5.41, 5.74) is 16.0. The monoisotopic (exact) mass is 826 g/mol. The van der Waals surface area contributed by atoms with Gasteiger partial charge in [0.05, 0.1) is 11.4 Å². The molecule has 0 bridgehead atoms. The number of ketones is 2. The molecule has 5 heteroatoms. The SMILES string of the molecule is Cc1ccc(C(=O)c2cc(-c3ccc(N4c5ccccc5Oc5ccccc54)cc3)c(C(=O)c3ccc(C)cc3)cc2-c2ccc(N3c4ccccc4Cc4ccccc43)cc2)cc1. The average Bonchev–Trinajstić information content (AvgIpc) is 3.34. The number of aryl methyl sites for hydroxylation is 2. The molecule has 0 unspecified atom stereocenters. The van der Waals surface area contributed by atoms with E-state index in [1.807, 2.05) is 123 Å². The molecule has 0 aromatic heterocycles. The van der Waals surface area contributed by atoms with Gasteiger partial charge in [-0.25, -0.2) is 0 Å². The van der Waals surface area contributed by atoms with Crippen LogP contribution in [0.25, 0.3) is 22.3 Å². The molecule has 11 rings (SSSR count). The lowest BCUT2D eigenvalue weighted by atomic mass is 9.85. The summed E-state index contributed by atoms with van der Waals surface area (Å²) in [6, 6.07) is 68.9. The highest BCUT2D eigenvalue weighted by Gasteiger charge is 2.28. The Bertz CT molecular complexity index is 2950. The summed E-state index contributed by atoms with van der Waals surface area (Å²) in [5, 5.41) is 0. The van der Waals surface area contributed by atoms with Crippen molar-refractivity contribution in [2.24, 2.45) is 0 Å². The normalized spacial score (nSPS) is 12.3. The van der Waals surface area contributed by atoms with Crippen LogP contribution in [0.3, 0.4) is 0 Å². The maximum atomic E-state index is 14.9. The molecule has 0 saturated heterocycles. The minimum atomic E-state index is -0.121. The number of fused-ring (bicyclic) bond motifs is 4. The first kappa shape index (κ1) is 38.6. The van der Waals surface area contributed by atoms with Gasteiger partial charge >= 0.3 is 0 Å². The number of rotatable bonds is 8. The van der Waals surface area contributed by atoms with Gasteiger partial charge in [-0.1, -0.05) is 145 Å². The van der Waals surface area contributed by atoms with Crippen LogP contribution in [0, 0.1) is 13.8 Å². The number of hydrogen-bond acceptors (Lipinski definition) is 5. The first-order chi connectivity index (χ1) is 31.4. The van der Waals surface area contributed by atoms with E-state index in [-0.39, 0.29) is 11.6 Å². The second-order valence-electron chi connectivity index (χ2n) is 16.6. The van der Waals surface area contributed by atoms with Gasteiger partial charge in [0, 0.05) is 51.4 Å². The Labute approximate surface area is 373 Å². The molecule has 9 aromatic carbocycles. The maximum Gasteiger partial charge on any atom is 0.193 e. The highest BCUT2D eigenvalue weighted by atomic mass is 16.5. The van der Waals surface area contributed by atoms with E-state index in [9.17, 15) is 9.59 Å². The Morgan fingerprint density at radius 3 is 1.19 bits per heavy atom. The largest absolute Gasteiger partial charge is 0.453 e. The van der Waals surface area contributed by atoms with E-state index in [0.29, 0.717) is 33.4 Å². The summed E-state index contributed by atoms with van der Waals surface area (Å²) < 4.78 is 6.29. The van der Waals surface area contributed by atoms with Crippen molar-refractivity contribution in [3.8, 4) is 33.8 Å². The smallest absolute Gasteiger partial charge is 0.193 e. The molecule has 0 fully saturated rings. The van der Waals surface area contributed by atoms with Crippen LogP contribution < -0.4 is 14.5 Å². The van der Waals surface area contributed by atoms with E-state index in [0.717, 1.165) is 74.3 Å². The van der Waals surface area contributed by atoms with Crippen molar-refractivity contribution in [1.82, 2.24) is 0 Å². The number of anilines is 6. The molecule has 64 heavy (non-hydrogen) atoms. The second kappa shape index (κ2) is 15.9. The fourth-order valence-electron chi connectivity index (χ4n) is 9.11. The summed E-state index contributed by atoms with van der Waals surface area (Å²) in [6.07, 6.45) is 0.868. The minimum Gasteiger partial charge on any atom is -0.453 e. The fraction of sp³-hybridized carbons (Fsp3) is 0.0508. The van der Waals surface area contributed by atoms with Crippen molar-refractivity contribution in [2.45, 2.75) is 20.3 Å². The van der Waals surface area contributed by atoms with Gasteiger partial charge in [0.25, 0.3) is 0 Å². The zero-order chi connectivity index (χ0) is 43.3. The summed E-state index contributed by atoms with van der Waals surface area (Å²) in [7, 11) is 0. The third kappa shape index (κ3) is 6.84. The Kier molecular flexibility index (Phi) is 9.58. The van der Waals surface area contributed by atoms with Crippen molar-refractivity contribution in [1.29, 1.82) is 0 Å². The molecule has 2 aliphatic rings. The minimum absolute atomic E-state index is 0.119. The molecule has 0 atom stereocenters. The summed E-state index contributed by atoms with van der Waals surface area (Å²) in [4.78, 5) is 34.3. The average molecular weight is 827 g/mol. The van der Waals surface area contributed by atoms with E-state index in [1.165, 1.54) is 11.1 Å². The molecule has 0 amide bonds. The number of benzene rings is 9. The third-order valence-electron chi connectivity index (χ3n) is 12.4. The van der Waals surface area contributed by atoms with E-state index in [1.54, 1.807) is 0 Å². The molecule has 9 aromatic rings. The number of para-hydroxylation sites is 6. The molecule has 5 nitrogen and oxygen atoms in total. The van der Waals surface area contributed by atoms with Crippen LogP contribution in [-0.4, -0.2) is 11.6 Å². The first-order valence-electron chi connectivity index (χ1n) is 21.6. The zero-order valence-corrected chi connectivity index (χ0v) is 35.5. The number of carbonyl (C=O) groups excluding carboxylic acids is 2. The molecule has 2 heterocycles. The van der Waals surface area contributed by atoms with Crippen molar-refractivity contribution < 1.29 is 14.3 Å². The molecule has 0 aliphatic carbocycles. The lowest BCUT2D eigenvalue weighted by molar-refractivity contribution is 0.102. The third-order valence-corrected chi connectivity index (χ3v) is 12.4. The molecular weight excluding hydrogens is 785 g/mol. The highest BCUT2D eigenvalue weighted by Crippen LogP contribution is 2.50. The van der Waals surface area contributed by atoms with Crippen molar-refractivity contribution in [3.63, 3.8) is 0 Å². The zero-order valence-electron chi connectivity index (χ0n) is 35.5. The van der Waals surface area contributed by atoms with Crippen molar-refractivity contribution in [2.75, 3.05) is 9.80 Å². The molecule has 306 valence electrons. The van der Waals surface area contributed by atoms with Gasteiger partial charge in [-0.05, 0) is 120 Å². The highest BCUT2D eigenvalue weighted by molar-refractivity contribution is 6.18. The predicted molar refractivity (Wildman–Crippen MR) is 259 cm³/mol. The van der Waals surface area contributed by atoms with Gasteiger partial charge in [0.2, 0.25) is 0 Å². The van der Waals surface area contributed by atoms with E-state index in [4.69, 9.17) is 4.74 Å². The van der Waals surface area contributed by atoms with Crippen LogP contribution >= 0.6 is 0 Å². The van der Waals surface area contributed by atoms with Gasteiger partial charge in [0.15, 0.2) is 23.1 Å². The van der Waals surface area contributed by atoms with Gasteiger partial charge in [-0.3, -0.25) is 9.59 Å². The Morgan fingerprint density at radius 1 is 0.406 bits per heavy atom. The number of ether oxygens (including phenoxy) is 1. The lowest BCUT2D eigenvalue weighted by Crippen LogP contribution is -2.18. The molecule has 0 spiro atoms. The number of hydrogen-bond donors (Lipinski definition) is 0. The van der Waals surface area contributed by atoms with Gasteiger partial charge in [-0.2, -0.15) is 0 Å². The first-order valence-corrected chi connectivity index (χ1v) is 21.6. The van der Waals surface area contributed by atoms with Crippen molar-refractivity contribution >= 4 is 45.7 Å². The quantitative estimate of drug-likeness (QED) is 0.143. The summed E-state index contributed by atoms with van der Waals surface area (Å²) >= 11 is 0. The summed E-state index contributed by atoms with van der Waals surface area (Å²) in [5.74, 6) is 1.30. The van der Waals surface area contributed by atoms with E-state index < -0.39 is 0 Å². The Balaban J connectivity index is 1.07. The number of carbonyl (C=O) groups is 2. The van der Waals surface area contributed by atoms with Crippen LogP contribution in [0.15, 0.2) is 206 Å². The molecule has 0 radical (unpaired) electrons. The van der Waals surface area contributed by atoms with E-state index in [2.05, 4.69) is 107 Å². The number of nitrogens with zero attached hydrogens (tertiary/aromatic N) is 2. The van der Waals surface area contributed by atoms with Gasteiger partial charge in [-0.15, -0.1) is 0 Å². The molecular formula is C59H42N2O3. The topological polar surface area (TPSA) is 49.9 Å². The van der Waals surface area contributed by atoms with Crippen LogP contribution in [0.2, 0.25) is 0 Å². The van der Waals surface area contributed by atoms with Gasteiger partial charge in [0.1, 0.15) is 0 Å². The molecule has 0 saturated carbocycles. The van der Waals surface area contributed by atoms with Crippen LogP contribution in [0.4, 0.5) is 34.1 Å². The molecule has 2 aliphatic heterocycles. The van der Waals surface area contributed by atoms with E-state index >= 15 is 0 Å². The van der Waals surface area contributed by atoms with Crippen LogP contribution in [0.1, 0.15) is 54.1 Å².